The zero-order chi connectivity index (χ0) is 18.9. The molecule has 3 aromatic rings. The highest BCUT2D eigenvalue weighted by atomic mass is 35.5. The molecule has 0 aliphatic carbocycles. The average Bonchev–Trinajstić information content (AvgIpc) is 3.20. The second kappa shape index (κ2) is 11.3. The van der Waals surface area contributed by atoms with Gasteiger partial charge in [-0.1, -0.05) is 67.5 Å². The van der Waals surface area contributed by atoms with Gasteiger partial charge >= 0.3 is 0 Å². The maximum absolute atomic E-state index is 6.00. The first kappa shape index (κ1) is 21.7. The molecule has 0 aliphatic rings. The molecule has 1 heterocycles. The molecule has 0 atom stereocenters. The molecule has 0 fully saturated rings. The van der Waals surface area contributed by atoms with Crippen LogP contribution in [-0.4, -0.2) is 36.3 Å². The van der Waals surface area contributed by atoms with Crippen LogP contribution in [-0.2, 0) is 0 Å². The Bertz CT molecular complexity index is 858. The van der Waals surface area contributed by atoms with Crippen molar-refractivity contribution < 1.29 is 9.26 Å². The summed E-state index contributed by atoms with van der Waals surface area (Å²) in [7, 11) is 0. The number of halogens is 1. The summed E-state index contributed by atoms with van der Waals surface area (Å²) in [4.78, 5) is 2.35. The Hall–Kier alpha value is -2.56. The van der Waals surface area contributed by atoms with E-state index in [0.717, 1.165) is 42.2 Å². The predicted molar refractivity (Wildman–Crippen MR) is 118 cm³/mol. The van der Waals surface area contributed by atoms with E-state index in [2.05, 4.69) is 23.9 Å². The fraction of sp³-hybridized carbons (Fsp3) is 0.261. The maximum atomic E-state index is 6.00. The average molecular weight is 399 g/mol. The summed E-state index contributed by atoms with van der Waals surface area (Å²) >= 11 is 0. The van der Waals surface area contributed by atoms with Gasteiger partial charge in [0.05, 0.1) is 0 Å². The van der Waals surface area contributed by atoms with E-state index in [0.29, 0.717) is 12.4 Å². The second-order valence-corrected chi connectivity index (χ2v) is 6.23. The van der Waals surface area contributed by atoms with Crippen LogP contribution in [0.4, 0.5) is 0 Å². The summed E-state index contributed by atoms with van der Waals surface area (Å²) in [5.41, 5.74) is 2.90. The first-order chi connectivity index (χ1) is 13.3. The van der Waals surface area contributed by atoms with Crippen LogP contribution in [0.3, 0.4) is 0 Å². The zero-order valence-electron chi connectivity index (χ0n) is 16.4. The molecule has 2 aromatic carbocycles. The van der Waals surface area contributed by atoms with Crippen molar-refractivity contribution in [1.29, 1.82) is 0 Å². The largest absolute Gasteiger partial charge is 0.492 e. The van der Waals surface area contributed by atoms with Crippen LogP contribution >= 0.6 is 12.4 Å². The number of benzene rings is 2. The Morgan fingerprint density at radius 2 is 1.68 bits per heavy atom. The first-order valence-electron chi connectivity index (χ1n) is 9.44. The molecule has 0 N–H and O–H groups in total. The van der Waals surface area contributed by atoms with Crippen molar-refractivity contribution in [2.45, 2.75) is 13.8 Å². The van der Waals surface area contributed by atoms with E-state index in [9.17, 15) is 0 Å². The van der Waals surface area contributed by atoms with Crippen molar-refractivity contribution in [3.8, 4) is 17.0 Å². The number of para-hydroxylation sites is 1. The Labute approximate surface area is 173 Å². The van der Waals surface area contributed by atoms with Crippen molar-refractivity contribution >= 4 is 24.6 Å². The Kier molecular flexibility index (Phi) is 8.79. The minimum Gasteiger partial charge on any atom is -0.492 e. The zero-order valence-corrected chi connectivity index (χ0v) is 17.2. The highest BCUT2D eigenvalue weighted by molar-refractivity contribution is 5.85. The maximum Gasteiger partial charge on any atom is 0.160 e. The molecule has 5 heteroatoms. The number of rotatable bonds is 9. The topological polar surface area (TPSA) is 38.5 Å². The Morgan fingerprint density at radius 1 is 0.964 bits per heavy atom. The summed E-state index contributed by atoms with van der Waals surface area (Å²) in [5, 5.41) is 4.15. The van der Waals surface area contributed by atoms with Crippen molar-refractivity contribution in [1.82, 2.24) is 10.1 Å². The summed E-state index contributed by atoms with van der Waals surface area (Å²) in [5.74, 6) is 1.59. The summed E-state index contributed by atoms with van der Waals surface area (Å²) in [6, 6.07) is 20.0. The van der Waals surface area contributed by atoms with E-state index in [-0.39, 0.29) is 12.4 Å². The number of ether oxygens (including phenoxy) is 1. The molecule has 148 valence electrons. The SMILES string of the molecule is CCN(CC)CCOc1ccccc1/C=C/c1cc(-c2ccccc2)no1.Cl. The number of hydrogen-bond acceptors (Lipinski definition) is 4. The van der Waals surface area contributed by atoms with Crippen LogP contribution < -0.4 is 4.74 Å². The summed E-state index contributed by atoms with van der Waals surface area (Å²) < 4.78 is 11.4. The van der Waals surface area contributed by atoms with Gasteiger partial charge in [-0.2, -0.15) is 0 Å². The van der Waals surface area contributed by atoms with E-state index >= 15 is 0 Å². The van der Waals surface area contributed by atoms with Gasteiger partial charge in [0.15, 0.2) is 5.76 Å². The molecular formula is C23H27ClN2O2. The first-order valence-corrected chi connectivity index (χ1v) is 9.44. The van der Waals surface area contributed by atoms with Crippen molar-refractivity contribution in [2.24, 2.45) is 0 Å². The van der Waals surface area contributed by atoms with Gasteiger partial charge in [-0.25, -0.2) is 0 Å². The van der Waals surface area contributed by atoms with Gasteiger partial charge in [0, 0.05) is 23.7 Å². The molecule has 1 aromatic heterocycles. The van der Waals surface area contributed by atoms with E-state index in [1.807, 2.05) is 72.8 Å². The molecular weight excluding hydrogens is 372 g/mol. The quantitative estimate of drug-likeness (QED) is 0.466. The predicted octanol–water partition coefficient (Wildman–Crippen LogP) is 5.65. The third kappa shape index (κ3) is 5.98. The lowest BCUT2D eigenvalue weighted by Crippen LogP contribution is -2.27. The van der Waals surface area contributed by atoms with Gasteiger partial charge in [0.25, 0.3) is 0 Å². The van der Waals surface area contributed by atoms with Crippen molar-refractivity contribution in [3.63, 3.8) is 0 Å². The molecule has 4 nitrogen and oxygen atoms in total. The normalized spacial score (nSPS) is 11.0. The van der Waals surface area contributed by atoms with E-state index < -0.39 is 0 Å². The third-order valence-corrected chi connectivity index (χ3v) is 4.50. The van der Waals surface area contributed by atoms with Crippen LogP contribution in [0.1, 0.15) is 25.2 Å². The lowest BCUT2D eigenvalue weighted by molar-refractivity contribution is 0.222. The number of aromatic nitrogens is 1. The monoisotopic (exact) mass is 398 g/mol. The van der Waals surface area contributed by atoms with Gasteiger partial charge in [-0.05, 0) is 31.3 Å². The second-order valence-electron chi connectivity index (χ2n) is 6.23. The highest BCUT2D eigenvalue weighted by Gasteiger charge is 2.05. The molecule has 0 saturated carbocycles. The van der Waals surface area contributed by atoms with Gasteiger partial charge in [0.1, 0.15) is 18.1 Å². The summed E-state index contributed by atoms with van der Waals surface area (Å²) in [6.45, 7) is 8.01. The molecule has 0 spiro atoms. The number of nitrogens with zero attached hydrogens (tertiary/aromatic N) is 2. The Balaban J connectivity index is 0.00000280. The molecule has 3 rings (SSSR count). The number of hydrogen-bond donors (Lipinski definition) is 0. The van der Waals surface area contributed by atoms with E-state index in [1.54, 1.807) is 0 Å². The van der Waals surface area contributed by atoms with E-state index in [1.165, 1.54) is 0 Å². The number of likely N-dealkylation sites (N-methyl/N-ethyl adjacent to an activating group) is 1. The third-order valence-electron chi connectivity index (χ3n) is 4.50. The van der Waals surface area contributed by atoms with Crippen LogP contribution in [0.15, 0.2) is 65.2 Å². The smallest absolute Gasteiger partial charge is 0.160 e. The molecule has 0 bridgehead atoms. The van der Waals surface area contributed by atoms with Crippen LogP contribution in [0.25, 0.3) is 23.4 Å². The van der Waals surface area contributed by atoms with Crippen molar-refractivity contribution in [2.75, 3.05) is 26.2 Å². The molecule has 0 aliphatic heterocycles. The molecule has 0 radical (unpaired) electrons. The van der Waals surface area contributed by atoms with Gasteiger partial charge < -0.3 is 14.2 Å². The molecule has 0 amide bonds. The molecule has 0 unspecified atom stereocenters. The highest BCUT2D eigenvalue weighted by Crippen LogP contribution is 2.23. The van der Waals surface area contributed by atoms with Crippen LogP contribution in [0.5, 0.6) is 5.75 Å². The lowest BCUT2D eigenvalue weighted by Gasteiger charge is -2.18. The van der Waals surface area contributed by atoms with Gasteiger partial charge in [0.2, 0.25) is 0 Å². The van der Waals surface area contributed by atoms with Gasteiger partial charge in [-0.15, -0.1) is 12.4 Å². The Morgan fingerprint density at radius 3 is 2.43 bits per heavy atom. The molecule has 0 saturated heterocycles. The van der Waals surface area contributed by atoms with Crippen molar-refractivity contribution in [3.05, 3.63) is 72.0 Å². The van der Waals surface area contributed by atoms with E-state index in [4.69, 9.17) is 9.26 Å². The minimum absolute atomic E-state index is 0. The minimum atomic E-state index is 0. The molecule has 28 heavy (non-hydrogen) atoms. The van der Waals surface area contributed by atoms with Crippen LogP contribution in [0, 0.1) is 0 Å². The summed E-state index contributed by atoms with van der Waals surface area (Å²) in [6.07, 6.45) is 3.92. The van der Waals surface area contributed by atoms with Crippen LogP contribution in [0.2, 0.25) is 0 Å². The lowest BCUT2D eigenvalue weighted by atomic mass is 10.1. The van der Waals surface area contributed by atoms with Gasteiger partial charge in [-0.3, -0.25) is 0 Å². The fourth-order valence-corrected chi connectivity index (χ4v) is 2.86. The standard InChI is InChI=1S/C23H26N2O2.ClH/c1-3-25(4-2)16-17-26-23-13-9-8-12-20(23)14-15-21-18-22(24-27-21)19-10-6-5-7-11-19;/h5-15,18H,3-4,16-17H2,1-2H3;1H/b15-14+;. The fourth-order valence-electron chi connectivity index (χ4n) is 2.86.